The number of nitrogens with one attached hydrogen (secondary N) is 2. The Morgan fingerprint density at radius 3 is 2.13 bits per heavy atom. The molecule has 0 unspecified atom stereocenters. The summed E-state index contributed by atoms with van der Waals surface area (Å²) in [5.41, 5.74) is 4.76. The second-order valence-corrected chi connectivity index (χ2v) is 12.3. The molecule has 2 atom stereocenters. The molecule has 1 fully saturated rings. The first-order valence-electron chi connectivity index (χ1n) is 15.4. The largest absolute Gasteiger partial charge is 0.382 e. The van der Waals surface area contributed by atoms with E-state index in [-0.39, 0.29) is 23.2 Å². The first-order chi connectivity index (χ1) is 21.6. The van der Waals surface area contributed by atoms with Crippen molar-refractivity contribution < 1.29 is 22.8 Å². The second-order valence-electron chi connectivity index (χ2n) is 12.3. The molecule has 1 saturated carbocycles. The highest BCUT2D eigenvalue weighted by atomic mass is 19.2. The van der Waals surface area contributed by atoms with Crippen LogP contribution >= 0.6 is 0 Å². The van der Waals surface area contributed by atoms with Crippen LogP contribution in [0.4, 0.5) is 30.2 Å². The van der Waals surface area contributed by atoms with E-state index >= 15 is 4.39 Å². The van der Waals surface area contributed by atoms with E-state index in [0.717, 1.165) is 41.8 Å². The monoisotopic (exact) mass is 611 g/mol. The van der Waals surface area contributed by atoms with Gasteiger partial charge in [0.1, 0.15) is 5.82 Å². The van der Waals surface area contributed by atoms with Crippen molar-refractivity contribution >= 4 is 28.9 Å². The standard InChI is InChI=1S/C37H36F3N3O2/c1-21-11-14-28(17-23(21)3)42-36(44)29-18-25-19-31(39)32(40)20-33(25)43(37(45)34-22(2)7-6-10-30(34)38)35(29)24-12-15-27(16-13-24)41-26-8-4-5-9-26/h6-7,10-17,19-20,26,29,35,41H,4-5,8-9,18H2,1-3H3,(H,42,44)/t29-,35-/m0/s1. The number of hydrogen-bond donors (Lipinski definition) is 2. The van der Waals surface area contributed by atoms with Crippen molar-refractivity contribution in [3.63, 3.8) is 0 Å². The Hall–Kier alpha value is -4.59. The molecule has 0 saturated heterocycles. The smallest absolute Gasteiger partial charge is 0.262 e. The van der Waals surface area contributed by atoms with E-state index in [0.29, 0.717) is 22.9 Å². The third-order valence-corrected chi connectivity index (χ3v) is 9.22. The molecule has 6 rings (SSSR count). The molecule has 4 aromatic carbocycles. The molecule has 0 spiro atoms. The van der Waals surface area contributed by atoms with Gasteiger partial charge in [-0.2, -0.15) is 0 Å². The fourth-order valence-electron chi connectivity index (χ4n) is 6.66. The number of benzene rings is 4. The zero-order chi connectivity index (χ0) is 31.8. The van der Waals surface area contributed by atoms with Crippen molar-refractivity contribution in [3.8, 4) is 0 Å². The highest BCUT2D eigenvalue weighted by molar-refractivity contribution is 6.09. The van der Waals surface area contributed by atoms with Gasteiger partial charge in [0.05, 0.1) is 23.2 Å². The fraction of sp³-hybridized carbons (Fsp3) is 0.297. The fourth-order valence-corrected chi connectivity index (χ4v) is 6.66. The summed E-state index contributed by atoms with van der Waals surface area (Å²) in [6, 6.07) is 18.8. The third-order valence-electron chi connectivity index (χ3n) is 9.22. The van der Waals surface area contributed by atoms with Crippen molar-refractivity contribution in [2.75, 3.05) is 15.5 Å². The zero-order valence-electron chi connectivity index (χ0n) is 25.6. The number of halogens is 3. The average Bonchev–Trinajstić information content (AvgIpc) is 3.52. The number of aryl methyl sites for hydroxylation is 3. The maximum atomic E-state index is 15.3. The summed E-state index contributed by atoms with van der Waals surface area (Å²) in [6.07, 6.45) is 4.58. The molecule has 1 aliphatic carbocycles. The number of carbonyl (C=O) groups is 2. The topological polar surface area (TPSA) is 61.4 Å². The lowest BCUT2D eigenvalue weighted by atomic mass is 9.80. The number of fused-ring (bicyclic) bond motifs is 1. The van der Waals surface area contributed by atoms with Crippen LogP contribution in [0.5, 0.6) is 0 Å². The van der Waals surface area contributed by atoms with Gasteiger partial charge in [-0.3, -0.25) is 14.5 Å². The van der Waals surface area contributed by atoms with Gasteiger partial charge in [-0.25, -0.2) is 13.2 Å². The number of nitrogens with zero attached hydrogens (tertiary/aromatic N) is 1. The van der Waals surface area contributed by atoms with Crippen molar-refractivity contribution in [1.82, 2.24) is 0 Å². The van der Waals surface area contributed by atoms with Gasteiger partial charge in [-0.15, -0.1) is 0 Å². The summed E-state index contributed by atoms with van der Waals surface area (Å²) in [6.45, 7) is 5.54. The van der Waals surface area contributed by atoms with Crippen LogP contribution in [-0.4, -0.2) is 17.9 Å². The normalized spacial score (nSPS) is 18.0. The Morgan fingerprint density at radius 1 is 0.756 bits per heavy atom. The first-order valence-corrected chi connectivity index (χ1v) is 15.4. The SMILES string of the molecule is Cc1ccc(NC(=O)[C@H]2Cc3cc(F)c(F)cc3N(C(=O)c3c(C)cccc3F)[C@H]2c2ccc(NC3CCCC3)cc2)cc1C. The minimum absolute atomic E-state index is 0.0377. The number of amides is 2. The molecule has 2 N–H and O–H groups in total. The van der Waals surface area contributed by atoms with Crippen molar-refractivity contribution in [2.24, 2.45) is 5.92 Å². The highest BCUT2D eigenvalue weighted by Crippen LogP contribution is 2.45. The predicted molar refractivity (Wildman–Crippen MR) is 171 cm³/mol. The highest BCUT2D eigenvalue weighted by Gasteiger charge is 2.44. The van der Waals surface area contributed by atoms with Gasteiger partial charge in [0.15, 0.2) is 11.6 Å². The van der Waals surface area contributed by atoms with Gasteiger partial charge in [-0.1, -0.05) is 43.2 Å². The number of anilines is 3. The van der Waals surface area contributed by atoms with Crippen LogP contribution in [0.2, 0.25) is 0 Å². The van der Waals surface area contributed by atoms with Crippen LogP contribution in [0.1, 0.15) is 69.9 Å². The Bertz CT molecular complexity index is 1750. The Kier molecular flexibility index (Phi) is 8.40. The number of rotatable bonds is 6. The Morgan fingerprint density at radius 2 is 1.44 bits per heavy atom. The van der Waals surface area contributed by atoms with E-state index in [9.17, 15) is 18.4 Å². The van der Waals surface area contributed by atoms with Gasteiger partial charge < -0.3 is 10.6 Å². The molecular formula is C37H36F3N3O2. The predicted octanol–water partition coefficient (Wildman–Crippen LogP) is 8.58. The summed E-state index contributed by atoms with van der Waals surface area (Å²) >= 11 is 0. The van der Waals surface area contributed by atoms with Crippen LogP contribution in [-0.2, 0) is 11.2 Å². The van der Waals surface area contributed by atoms with E-state index in [1.807, 2.05) is 50.2 Å². The van der Waals surface area contributed by atoms with Crippen LogP contribution < -0.4 is 15.5 Å². The quantitative estimate of drug-likeness (QED) is 0.230. The second kappa shape index (κ2) is 12.4. The van der Waals surface area contributed by atoms with Crippen LogP contribution in [0.25, 0.3) is 0 Å². The van der Waals surface area contributed by atoms with E-state index < -0.39 is 41.2 Å². The molecule has 0 bridgehead atoms. The lowest BCUT2D eigenvalue weighted by Gasteiger charge is -2.42. The summed E-state index contributed by atoms with van der Waals surface area (Å²) in [4.78, 5) is 29.8. The molecule has 2 aliphatic rings. The number of hydrogen-bond acceptors (Lipinski definition) is 3. The molecular weight excluding hydrogens is 575 g/mol. The van der Waals surface area contributed by atoms with Crippen LogP contribution in [0.15, 0.2) is 72.8 Å². The summed E-state index contributed by atoms with van der Waals surface area (Å²) < 4.78 is 44.7. The third kappa shape index (κ3) is 6.06. The van der Waals surface area contributed by atoms with Crippen LogP contribution in [0, 0.1) is 44.1 Å². The molecule has 8 heteroatoms. The van der Waals surface area contributed by atoms with Crippen molar-refractivity contribution in [2.45, 2.75) is 65.0 Å². The van der Waals surface area contributed by atoms with E-state index in [1.54, 1.807) is 19.1 Å². The van der Waals surface area contributed by atoms with Gasteiger partial charge in [0.25, 0.3) is 5.91 Å². The first kappa shape index (κ1) is 30.4. The molecule has 232 valence electrons. The van der Waals surface area contributed by atoms with Gasteiger partial charge >= 0.3 is 0 Å². The average molecular weight is 612 g/mol. The lowest BCUT2D eigenvalue weighted by Crippen LogP contribution is -2.47. The molecule has 0 aromatic heterocycles. The van der Waals surface area contributed by atoms with E-state index in [2.05, 4.69) is 10.6 Å². The molecule has 1 heterocycles. The number of carbonyl (C=O) groups excluding carboxylic acids is 2. The van der Waals surface area contributed by atoms with Gasteiger partial charge in [0.2, 0.25) is 5.91 Å². The molecule has 0 radical (unpaired) electrons. The lowest BCUT2D eigenvalue weighted by molar-refractivity contribution is -0.120. The van der Waals surface area contributed by atoms with Gasteiger partial charge in [-0.05, 0) is 104 Å². The maximum Gasteiger partial charge on any atom is 0.262 e. The minimum Gasteiger partial charge on any atom is -0.382 e. The maximum absolute atomic E-state index is 15.3. The van der Waals surface area contributed by atoms with Crippen LogP contribution in [0.3, 0.4) is 0 Å². The Balaban J connectivity index is 1.48. The van der Waals surface area contributed by atoms with E-state index in [4.69, 9.17) is 0 Å². The Labute approximate surface area is 261 Å². The van der Waals surface area contributed by atoms with Crippen molar-refractivity contribution in [3.05, 3.63) is 124 Å². The molecule has 2 amide bonds. The molecule has 4 aromatic rings. The molecule has 5 nitrogen and oxygen atoms in total. The minimum atomic E-state index is -1.13. The van der Waals surface area contributed by atoms with Crippen molar-refractivity contribution in [1.29, 1.82) is 0 Å². The molecule has 1 aliphatic heterocycles. The zero-order valence-corrected chi connectivity index (χ0v) is 25.6. The summed E-state index contributed by atoms with van der Waals surface area (Å²) in [7, 11) is 0. The molecule has 45 heavy (non-hydrogen) atoms. The van der Waals surface area contributed by atoms with Gasteiger partial charge in [0, 0.05) is 23.5 Å². The van der Waals surface area contributed by atoms with E-state index in [1.165, 1.54) is 29.9 Å². The summed E-state index contributed by atoms with van der Waals surface area (Å²) in [5.74, 6) is -4.99. The summed E-state index contributed by atoms with van der Waals surface area (Å²) in [5, 5.41) is 6.54.